The second-order valence-corrected chi connectivity index (χ2v) is 8.97. The normalized spacial score (nSPS) is 24.2. The summed E-state index contributed by atoms with van der Waals surface area (Å²) in [5, 5.41) is 9.29. The van der Waals surface area contributed by atoms with Crippen molar-refractivity contribution >= 4 is 37.6 Å². The Balaban J connectivity index is 0.000000171. The fourth-order valence-electron chi connectivity index (χ4n) is 3.39. The number of halogens is 4. The summed E-state index contributed by atoms with van der Waals surface area (Å²) in [6, 6.07) is 9.09. The Morgan fingerprint density at radius 2 is 1.43 bits per heavy atom. The van der Waals surface area contributed by atoms with E-state index in [0.717, 1.165) is 28.4 Å². The van der Waals surface area contributed by atoms with Crippen molar-refractivity contribution in [3.05, 3.63) is 68.1 Å². The molecule has 2 aliphatic rings. The van der Waals surface area contributed by atoms with Crippen LogP contribution in [-0.4, -0.2) is 30.2 Å². The van der Waals surface area contributed by atoms with Crippen molar-refractivity contribution < 1.29 is 28.2 Å². The van der Waals surface area contributed by atoms with Crippen LogP contribution in [0, 0.1) is 11.6 Å². The highest BCUT2D eigenvalue weighted by Crippen LogP contribution is 2.33. The molecule has 0 spiro atoms. The van der Waals surface area contributed by atoms with Gasteiger partial charge in [-0.1, -0.05) is 44.0 Å². The summed E-state index contributed by atoms with van der Waals surface area (Å²) in [7, 11) is 0. The topological polar surface area (TPSA) is 55.8 Å². The largest absolute Gasteiger partial charge is 0.391 e. The number of ether oxygens (including phenoxy) is 2. The standard InChI is InChI=1S/C11H12BrFO2.C11H10BrFO2/c2*12-10-5-7(13)1-3-9(10)11-4-2-8(14)6-15-11/h1,3,5,8,11,14H,2,4,6H2;1,3,5,11H,2,4,6H2. The van der Waals surface area contributed by atoms with Crippen LogP contribution in [0.2, 0.25) is 0 Å². The van der Waals surface area contributed by atoms with Crippen molar-refractivity contribution in [2.24, 2.45) is 0 Å². The molecule has 3 atom stereocenters. The van der Waals surface area contributed by atoms with E-state index in [-0.39, 0.29) is 42.3 Å². The molecule has 0 amide bonds. The van der Waals surface area contributed by atoms with Gasteiger partial charge in [0.2, 0.25) is 0 Å². The number of hydrogen-bond donors (Lipinski definition) is 1. The maximum Gasteiger partial charge on any atom is 0.158 e. The first-order chi connectivity index (χ1) is 14.3. The van der Waals surface area contributed by atoms with Crippen LogP contribution in [0.5, 0.6) is 0 Å². The van der Waals surface area contributed by atoms with E-state index < -0.39 is 0 Å². The predicted octanol–water partition coefficient (Wildman–Crippen LogP) is 5.81. The Morgan fingerprint density at radius 1 is 0.867 bits per heavy atom. The number of rotatable bonds is 2. The highest BCUT2D eigenvalue weighted by Gasteiger charge is 2.23. The first-order valence-corrected chi connectivity index (χ1v) is 11.2. The van der Waals surface area contributed by atoms with Crippen molar-refractivity contribution in [3.63, 3.8) is 0 Å². The Kier molecular flexibility index (Phi) is 8.53. The summed E-state index contributed by atoms with van der Waals surface area (Å²) >= 11 is 6.61. The van der Waals surface area contributed by atoms with Crippen molar-refractivity contribution in [2.45, 2.75) is 44.0 Å². The van der Waals surface area contributed by atoms with Crippen molar-refractivity contribution in [3.8, 4) is 0 Å². The third-order valence-corrected chi connectivity index (χ3v) is 6.38. The van der Waals surface area contributed by atoms with E-state index in [0.29, 0.717) is 23.9 Å². The highest BCUT2D eigenvalue weighted by molar-refractivity contribution is 9.10. The smallest absolute Gasteiger partial charge is 0.158 e. The molecule has 162 valence electrons. The molecule has 3 unspecified atom stereocenters. The van der Waals surface area contributed by atoms with Crippen molar-refractivity contribution in [1.29, 1.82) is 0 Å². The van der Waals surface area contributed by atoms with Crippen LogP contribution >= 0.6 is 31.9 Å². The molecule has 2 heterocycles. The molecule has 2 aliphatic heterocycles. The van der Waals surface area contributed by atoms with E-state index in [9.17, 15) is 18.7 Å². The molecule has 2 fully saturated rings. The van der Waals surface area contributed by atoms with Crippen LogP contribution in [0.15, 0.2) is 45.3 Å². The van der Waals surface area contributed by atoms with Gasteiger partial charge in [-0.25, -0.2) is 8.78 Å². The maximum atomic E-state index is 12.9. The Labute approximate surface area is 190 Å². The van der Waals surface area contributed by atoms with Gasteiger partial charge in [0.15, 0.2) is 5.78 Å². The minimum atomic E-state index is -0.361. The van der Waals surface area contributed by atoms with E-state index in [1.807, 2.05) is 0 Å². The van der Waals surface area contributed by atoms with E-state index in [1.54, 1.807) is 12.1 Å². The van der Waals surface area contributed by atoms with Gasteiger partial charge in [0.05, 0.1) is 24.9 Å². The molecule has 2 aromatic rings. The number of carbonyl (C=O) groups is 1. The minimum Gasteiger partial charge on any atom is -0.391 e. The number of aliphatic hydroxyl groups excluding tert-OH is 1. The van der Waals surface area contributed by atoms with Crippen LogP contribution in [0.1, 0.15) is 49.0 Å². The second kappa shape index (κ2) is 10.9. The lowest BCUT2D eigenvalue weighted by Crippen LogP contribution is -2.24. The van der Waals surface area contributed by atoms with Gasteiger partial charge in [0.1, 0.15) is 18.2 Å². The molecule has 0 radical (unpaired) electrons. The zero-order chi connectivity index (χ0) is 21.7. The molecule has 2 saturated heterocycles. The van der Waals surface area contributed by atoms with Gasteiger partial charge >= 0.3 is 0 Å². The minimum absolute atomic E-state index is 0.0385. The lowest BCUT2D eigenvalue weighted by atomic mass is 10.0. The second-order valence-electron chi connectivity index (χ2n) is 7.26. The van der Waals surface area contributed by atoms with Crippen LogP contribution in [0.4, 0.5) is 8.78 Å². The molecular weight excluding hydrogens is 526 g/mol. The zero-order valence-electron chi connectivity index (χ0n) is 16.1. The lowest BCUT2D eigenvalue weighted by Gasteiger charge is -2.27. The average molecular weight is 548 g/mol. The SMILES string of the molecule is O=C1CCC(c2ccc(F)cc2Br)OC1.OC1CCC(c2ccc(F)cc2Br)OC1. The number of aliphatic hydroxyl groups is 1. The summed E-state index contributed by atoms with van der Waals surface area (Å²) in [6.07, 6.45) is 2.21. The summed E-state index contributed by atoms with van der Waals surface area (Å²) in [5.41, 5.74) is 1.85. The van der Waals surface area contributed by atoms with E-state index in [1.165, 1.54) is 24.3 Å². The molecular formula is C22H22Br2F2O4. The molecule has 30 heavy (non-hydrogen) atoms. The number of benzene rings is 2. The van der Waals surface area contributed by atoms with E-state index in [4.69, 9.17) is 9.47 Å². The van der Waals surface area contributed by atoms with Crippen molar-refractivity contribution in [2.75, 3.05) is 13.2 Å². The molecule has 1 N–H and O–H groups in total. The number of Topliss-reactive ketones (excluding diaryl/α,β-unsaturated/α-hetero) is 1. The van der Waals surface area contributed by atoms with Crippen LogP contribution in [0.25, 0.3) is 0 Å². The van der Waals surface area contributed by atoms with Crippen LogP contribution in [0.3, 0.4) is 0 Å². The molecule has 4 nitrogen and oxygen atoms in total. The van der Waals surface area contributed by atoms with Gasteiger partial charge in [-0.15, -0.1) is 0 Å². The Bertz CT molecular complexity index is 875. The predicted molar refractivity (Wildman–Crippen MR) is 115 cm³/mol. The summed E-state index contributed by atoms with van der Waals surface area (Å²) in [5.74, 6) is -0.413. The van der Waals surface area contributed by atoms with Gasteiger partial charge in [-0.05, 0) is 54.7 Å². The first-order valence-electron chi connectivity index (χ1n) is 9.66. The molecule has 0 saturated carbocycles. The number of ketones is 1. The highest BCUT2D eigenvalue weighted by atomic mass is 79.9. The summed E-state index contributed by atoms with van der Waals surface area (Å²) in [4.78, 5) is 11.0. The number of hydrogen-bond acceptors (Lipinski definition) is 4. The fourth-order valence-corrected chi connectivity index (χ4v) is 4.61. The van der Waals surface area contributed by atoms with Crippen LogP contribution in [-0.2, 0) is 14.3 Å². The number of carbonyl (C=O) groups excluding carboxylic acids is 1. The summed E-state index contributed by atoms with van der Waals surface area (Å²) in [6.45, 7) is 0.517. The van der Waals surface area contributed by atoms with Crippen molar-refractivity contribution in [1.82, 2.24) is 0 Å². The zero-order valence-corrected chi connectivity index (χ0v) is 19.3. The molecule has 0 aliphatic carbocycles. The lowest BCUT2D eigenvalue weighted by molar-refractivity contribution is -0.131. The molecule has 0 aromatic heterocycles. The monoisotopic (exact) mass is 546 g/mol. The molecule has 2 aromatic carbocycles. The van der Waals surface area contributed by atoms with Gasteiger partial charge in [0.25, 0.3) is 0 Å². The van der Waals surface area contributed by atoms with Gasteiger partial charge in [-0.3, -0.25) is 4.79 Å². The van der Waals surface area contributed by atoms with E-state index >= 15 is 0 Å². The average Bonchev–Trinajstić information content (AvgIpc) is 2.70. The first kappa shape index (κ1) is 23.5. The summed E-state index contributed by atoms with van der Waals surface area (Å²) < 4.78 is 38.0. The van der Waals surface area contributed by atoms with Gasteiger partial charge in [0, 0.05) is 15.4 Å². The molecule has 4 rings (SSSR count). The Morgan fingerprint density at radius 3 is 1.87 bits per heavy atom. The fraction of sp³-hybridized carbons (Fsp3) is 0.409. The third kappa shape index (κ3) is 6.40. The molecule has 0 bridgehead atoms. The van der Waals surface area contributed by atoms with Crippen LogP contribution < -0.4 is 0 Å². The quantitative estimate of drug-likeness (QED) is 0.515. The van der Waals surface area contributed by atoms with E-state index in [2.05, 4.69) is 31.9 Å². The Hall–Kier alpha value is -1.19. The van der Waals surface area contributed by atoms with Gasteiger partial charge in [-0.2, -0.15) is 0 Å². The third-order valence-electron chi connectivity index (χ3n) is 5.00. The van der Waals surface area contributed by atoms with Gasteiger partial charge < -0.3 is 14.6 Å². The molecule has 8 heteroatoms. The maximum absolute atomic E-state index is 12.9.